The molecule has 0 aromatic heterocycles. The predicted molar refractivity (Wildman–Crippen MR) is 93.6 cm³/mol. The molecule has 10 heteroatoms. The number of hydrogen-bond donors (Lipinski definition) is 0. The lowest BCUT2D eigenvalue weighted by Gasteiger charge is -2.33. The van der Waals surface area contributed by atoms with E-state index in [4.69, 9.17) is 46.4 Å². The maximum absolute atomic E-state index is 12.3. The summed E-state index contributed by atoms with van der Waals surface area (Å²) in [6, 6.07) is -0.131. The average Bonchev–Trinajstić information content (AvgIpc) is 2.64. The van der Waals surface area contributed by atoms with Gasteiger partial charge in [-0.1, -0.05) is 64.8 Å². The molecule has 1 aliphatic rings. The largest absolute Gasteiger partial charge is 0.233 e. The lowest BCUT2D eigenvalue weighted by atomic mass is 10.1. The summed E-state index contributed by atoms with van der Waals surface area (Å²) in [6.07, 6.45) is 5.79. The Morgan fingerprint density at radius 3 is 2.10 bits per heavy atom. The summed E-state index contributed by atoms with van der Waals surface area (Å²) in [5.41, 5.74) is 0. The zero-order chi connectivity index (χ0) is 15.4. The quantitative estimate of drug-likeness (QED) is 0.303. The average molecular weight is 468 g/mol. The van der Waals surface area contributed by atoms with Gasteiger partial charge in [0.1, 0.15) is 4.66 Å². The van der Waals surface area contributed by atoms with E-state index in [1.54, 1.807) is 0 Å². The van der Waals surface area contributed by atoms with Crippen molar-refractivity contribution in [3.8, 4) is 0 Å². The monoisotopic (exact) mass is 465 g/mol. The first-order valence-corrected chi connectivity index (χ1v) is 11.3. The maximum atomic E-state index is 12.3. The Labute approximate surface area is 153 Å². The highest BCUT2D eigenvalue weighted by Crippen LogP contribution is 2.47. The fourth-order valence-corrected chi connectivity index (χ4v) is 6.44. The Morgan fingerprint density at radius 2 is 1.70 bits per heavy atom. The summed E-state index contributed by atoms with van der Waals surface area (Å²) in [4.78, 5) is -1.10. The van der Waals surface area contributed by atoms with E-state index in [0.29, 0.717) is 0 Å². The standard InChI is InChI=1S/C10H16BrCl4NO2S2/c11-7-20(17,18)16(19-10(14,15)9(12)13)8-5-3-1-2-4-6-8/h8-9H,1-7H2. The van der Waals surface area contributed by atoms with Gasteiger partial charge in [0.25, 0.3) is 0 Å². The van der Waals surface area contributed by atoms with Gasteiger partial charge >= 0.3 is 0 Å². The van der Waals surface area contributed by atoms with E-state index >= 15 is 0 Å². The molecular formula is C10H16BrCl4NO2S2. The highest BCUT2D eigenvalue weighted by atomic mass is 79.9. The molecule has 0 amide bonds. The number of hydrogen-bond acceptors (Lipinski definition) is 3. The molecule has 0 spiro atoms. The molecule has 0 heterocycles. The smallest absolute Gasteiger partial charge is 0.210 e. The van der Waals surface area contributed by atoms with Crippen molar-refractivity contribution in [2.45, 2.75) is 53.1 Å². The molecule has 1 rings (SSSR count). The van der Waals surface area contributed by atoms with E-state index < -0.39 is 18.5 Å². The molecule has 0 bridgehead atoms. The molecule has 0 saturated heterocycles. The van der Waals surface area contributed by atoms with Gasteiger partial charge in [-0.05, 0) is 24.8 Å². The van der Waals surface area contributed by atoms with Crippen LogP contribution in [0.2, 0.25) is 0 Å². The Bertz CT molecular complexity index is 400. The van der Waals surface area contributed by atoms with E-state index in [-0.39, 0.29) is 10.7 Å². The maximum Gasteiger partial charge on any atom is 0.233 e. The summed E-state index contributed by atoms with van der Waals surface area (Å²) in [5.74, 6) is 0. The minimum Gasteiger partial charge on any atom is -0.210 e. The first kappa shape index (κ1) is 19.9. The summed E-state index contributed by atoms with van der Waals surface area (Å²) in [6.45, 7) is 0. The van der Waals surface area contributed by atoms with E-state index in [1.165, 1.54) is 3.71 Å². The van der Waals surface area contributed by atoms with E-state index in [9.17, 15) is 8.42 Å². The Morgan fingerprint density at radius 1 is 1.20 bits per heavy atom. The third kappa shape index (κ3) is 5.84. The topological polar surface area (TPSA) is 37.4 Å². The van der Waals surface area contributed by atoms with Gasteiger partial charge in [-0.25, -0.2) is 8.42 Å². The van der Waals surface area contributed by atoms with Gasteiger partial charge in [0.05, 0.1) is 0 Å². The number of alkyl halides is 5. The number of sulfonamides is 1. The fourth-order valence-electron chi connectivity index (χ4n) is 2.03. The van der Waals surface area contributed by atoms with Gasteiger partial charge < -0.3 is 0 Å². The van der Waals surface area contributed by atoms with Crippen LogP contribution in [0.1, 0.15) is 38.5 Å². The Hall–Kier alpha value is 1.90. The van der Waals surface area contributed by atoms with Crippen LogP contribution >= 0.6 is 74.3 Å². The molecule has 0 N–H and O–H groups in total. The van der Waals surface area contributed by atoms with Crippen molar-refractivity contribution < 1.29 is 8.42 Å². The summed E-state index contributed by atoms with van der Waals surface area (Å²) < 4.78 is 24.0. The molecule has 0 radical (unpaired) electrons. The summed E-state index contributed by atoms with van der Waals surface area (Å²) in [7, 11) is -3.52. The minimum absolute atomic E-state index is 0.131. The lowest BCUT2D eigenvalue weighted by molar-refractivity contribution is 0.417. The van der Waals surface area contributed by atoms with Crippen molar-refractivity contribution in [1.82, 2.24) is 3.71 Å². The zero-order valence-corrected chi connectivity index (χ0v) is 16.8. The van der Waals surface area contributed by atoms with Gasteiger partial charge in [0.15, 0.2) is 4.84 Å². The van der Waals surface area contributed by atoms with Crippen molar-refractivity contribution >= 4 is 84.3 Å². The van der Waals surface area contributed by atoms with Crippen LogP contribution in [0.25, 0.3) is 0 Å². The van der Waals surface area contributed by atoms with Crippen LogP contribution in [0.3, 0.4) is 0 Å². The van der Waals surface area contributed by atoms with Gasteiger partial charge in [-0.2, -0.15) is 0 Å². The third-order valence-electron chi connectivity index (χ3n) is 3.00. The highest BCUT2D eigenvalue weighted by molar-refractivity contribution is 9.10. The van der Waals surface area contributed by atoms with Crippen LogP contribution in [0.4, 0.5) is 0 Å². The van der Waals surface area contributed by atoms with Crippen molar-refractivity contribution in [2.75, 3.05) is 4.66 Å². The second kappa shape index (κ2) is 8.67. The molecule has 0 unspecified atom stereocenters. The second-order valence-electron chi connectivity index (χ2n) is 4.58. The molecule has 0 aromatic carbocycles. The molecule has 0 aromatic rings. The van der Waals surface area contributed by atoms with E-state index in [0.717, 1.165) is 50.5 Å². The zero-order valence-electron chi connectivity index (χ0n) is 10.6. The van der Waals surface area contributed by atoms with E-state index in [2.05, 4.69) is 15.9 Å². The predicted octanol–water partition coefficient (Wildman–Crippen LogP) is 5.28. The Kier molecular flexibility index (Phi) is 8.64. The molecule has 20 heavy (non-hydrogen) atoms. The fraction of sp³-hybridized carbons (Fsp3) is 1.00. The molecule has 1 fully saturated rings. The third-order valence-corrected chi connectivity index (χ3v) is 9.93. The number of halogens is 5. The number of rotatable bonds is 6. The summed E-state index contributed by atoms with van der Waals surface area (Å²) >= 11 is 27.3. The Balaban J connectivity index is 2.96. The normalized spacial score (nSPS) is 19.6. The molecule has 1 saturated carbocycles. The van der Waals surface area contributed by atoms with Gasteiger partial charge in [0.2, 0.25) is 13.7 Å². The molecule has 3 nitrogen and oxygen atoms in total. The van der Waals surface area contributed by atoms with Crippen molar-refractivity contribution in [2.24, 2.45) is 0 Å². The van der Waals surface area contributed by atoms with Crippen LogP contribution in [0.15, 0.2) is 0 Å². The second-order valence-corrected chi connectivity index (χ2v) is 12.1. The highest BCUT2D eigenvalue weighted by Gasteiger charge is 2.42. The van der Waals surface area contributed by atoms with Gasteiger partial charge in [-0.3, -0.25) is 0 Å². The molecule has 120 valence electrons. The van der Waals surface area contributed by atoms with Crippen LogP contribution in [-0.4, -0.2) is 31.3 Å². The molecule has 0 atom stereocenters. The first-order chi connectivity index (χ1) is 9.20. The van der Waals surface area contributed by atoms with Crippen LogP contribution in [0.5, 0.6) is 0 Å². The van der Waals surface area contributed by atoms with Crippen LogP contribution in [-0.2, 0) is 10.0 Å². The van der Waals surface area contributed by atoms with Gasteiger partial charge in [-0.15, -0.1) is 26.9 Å². The van der Waals surface area contributed by atoms with E-state index in [1.807, 2.05) is 0 Å². The number of nitrogens with zero attached hydrogens (tertiary/aromatic N) is 1. The molecule has 1 aliphatic carbocycles. The first-order valence-electron chi connectivity index (χ1n) is 6.14. The molecular weight excluding hydrogens is 452 g/mol. The van der Waals surface area contributed by atoms with Crippen molar-refractivity contribution in [3.63, 3.8) is 0 Å². The molecule has 0 aliphatic heterocycles. The van der Waals surface area contributed by atoms with Crippen molar-refractivity contribution in [3.05, 3.63) is 0 Å². The van der Waals surface area contributed by atoms with Crippen LogP contribution < -0.4 is 0 Å². The van der Waals surface area contributed by atoms with Crippen molar-refractivity contribution in [1.29, 1.82) is 0 Å². The summed E-state index contributed by atoms with van der Waals surface area (Å²) in [5, 5.41) is 0. The van der Waals surface area contributed by atoms with Crippen LogP contribution in [0, 0.1) is 0 Å². The SMILES string of the molecule is O=S(=O)(CBr)N(SC(Cl)(Cl)C(Cl)Cl)C1CCCCCC1. The van der Waals surface area contributed by atoms with Gasteiger partial charge in [0, 0.05) is 6.04 Å². The minimum atomic E-state index is -3.52. The lowest BCUT2D eigenvalue weighted by Crippen LogP contribution is -2.39.